The summed E-state index contributed by atoms with van der Waals surface area (Å²) in [5.41, 5.74) is 7.35. The van der Waals surface area contributed by atoms with Gasteiger partial charge in [-0.3, -0.25) is 0 Å². The summed E-state index contributed by atoms with van der Waals surface area (Å²) >= 11 is 5.72. The quantitative estimate of drug-likeness (QED) is 0.822. The van der Waals surface area contributed by atoms with Crippen LogP contribution in [-0.4, -0.2) is 23.6 Å². The lowest BCUT2D eigenvalue weighted by Gasteiger charge is -2.10. The summed E-state index contributed by atoms with van der Waals surface area (Å²) in [6, 6.07) is 7.88. The summed E-state index contributed by atoms with van der Waals surface area (Å²) in [5, 5.41) is 3.31. The number of ether oxygens (including phenoxy) is 1. The molecule has 0 atom stereocenters. The lowest BCUT2D eigenvalue weighted by atomic mass is 10.1. The number of rotatable bonds is 5. The predicted octanol–water partition coefficient (Wildman–Crippen LogP) is 2.38. The Kier molecular flexibility index (Phi) is 4.41. The van der Waals surface area contributed by atoms with Crippen LogP contribution in [-0.2, 0) is 6.42 Å². The van der Waals surface area contributed by atoms with Gasteiger partial charge in [-0.2, -0.15) is 4.98 Å². The van der Waals surface area contributed by atoms with Gasteiger partial charge in [0.25, 0.3) is 0 Å². The summed E-state index contributed by atoms with van der Waals surface area (Å²) in [6.45, 7) is 0.678. The van der Waals surface area contributed by atoms with E-state index in [1.165, 1.54) is 6.20 Å². The average Bonchev–Trinajstić information content (AvgIpc) is 2.43. The van der Waals surface area contributed by atoms with E-state index in [2.05, 4.69) is 15.3 Å². The van der Waals surface area contributed by atoms with Gasteiger partial charge >= 0.3 is 0 Å². The summed E-state index contributed by atoms with van der Waals surface area (Å²) in [6.07, 6.45) is 2.28. The molecule has 0 saturated heterocycles. The maximum atomic E-state index is 5.75. The minimum atomic E-state index is 0.175. The van der Waals surface area contributed by atoms with Gasteiger partial charge in [-0.25, -0.2) is 4.98 Å². The SMILES string of the molecule is COc1ccccc1CCNc1nc(Cl)ncc1N. The third-order valence-electron chi connectivity index (χ3n) is 2.67. The predicted molar refractivity (Wildman–Crippen MR) is 76.6 cm³/mol. The summed E-state index contributed by atoms with van der Waals surface area (Å²) in [4.78, 5) is 7.84. The van der Waals surface area contributed by atoms with E-state index >= 15 is 0 Å². The third-order valence-corrected chi connectivity index (χ3v) is 2.85. The highest BCUT2D eigenvalue weighted by atomic mass is 35.5. The molecule has 5 nitrogen and oxygen atoms in total. The fraction of sp³-hybridized carbons (Fsp3) is 0.231. The van der Waals surface area contributed by atoms with Gasteiger partial charge in [-0.1, -0.05) is 18.2 Å². The van der Waals surface area contributed by atoms with Crippen LogP contribution >= 0.6 is 11.6 Å². The number of nitrogen functional groups attached to an aromatic ring is 1. The zero-order valence-electron chi connectivity index (χ0n) is 10.6. The van der Waals surface area contributed by atoms with Crippen LogP contribution in [0.5, 0.6) is 5.75 Å². The number of nitrogens with zero attached hydrogens (tertiary/aromatic N) is 2. The standard InChI is InChI=1S/C13H15ClN4O/c1-19-11-5-3-2-4-9(11)6-7-16-12-10(15)8-17-13(14)18-12/h2-5,8H,6-7,15H2,1H3,(H,16,17,18). The molecule has 1 aromatic heterocycles. The Bertz CT molecular complexity index is 562. The molecular formula is C13H15ClN4O. The van der Waals surface area contributed by atoms with E-state index in [1.807, 2.05) is 24.3 Å². The van der Waals surface area contributed by atoms with E-state index in [0.717, 1.165) is 17.7 Å². The second-order valence-corrected chi connectivity index (χ2v) is 4.27. The van der Waals surface area contributed by atoms with Gasteiger partial charge in [0, 0.05) is 6.54 Å². The second kappa shape index (κ2) is 6.24. The first-order valence-corrected chi connectivity index (χ1v) is 6.22. The van der Waals surface area contributed by atoms with Crippen molar-refractivity contribution >= 4 is 23.1 Å². The molecule has 0 amide bonds. The number of halogens is 1. The van der Waals surface area contributed by atoms with Gasteiger partial charge < -0.3 is 15.8 Å². The van der Waals surface area contributed by atoms with Crippen LogP contribution in [0.25, 0.3) is 0 Å². The largest absolute Gasteiger partial charge is 0.496 e. The molecule has 1 aromatic carbocycles. The highest BCUT2D eigenvalue weighted by Crippen LogP contribution is 2.19. The maximum Gasteiger partial charge on any atom is 0.224 e. The lowest BCUT2D eigenvalue weighted by Crippen LogP contribution is -2.09. The summed E-state index contributed by atoms with van der Waals surface area (Å²) in [7, 11) is 1.66. The van der Waals surface area contributed by atoms with Crippen LogP contribution in [0.3, 0.4) is 0 Å². The van der Waals surface area contributed by atoms with Crippen molar-refractivity contribution in [1.29, 1.82) is 0 Å². The summed E-state index contributed by atoms with van der Waals surface area (Å²) in [5.74, 6) is 1.42. The Morgan fingerprint density at radius 1 is 1.37 bits per heavy atom. The zero-order valence-corrected chi connectivity index (χ0v) is 11.3. The average molecular weight is 279 g/mol. The molecule has 2 aromatic rings. The molecule has 0 aliphatic rings. The molecule has 0 bridgehead atoms. The number of benzene rings is 1. The van der Waals surface area contributed by atoms with Crippen molar-refractivity contribution in [3.8, 4) is 5.75 Å². The first kappa shape index (κ1) is 13.4. The number of aromatic nitrogens is 2. The number of anilines is 2. The van der Waals surface area contributed by atoms with E-state index in [0.29, 0.717) is 18.1 Å². The molecule has 2 rings (SSSR count). The molecule has 6 heteroatoms. The first-order chi connectivity index (χ1) is 9.20. The number of hydrogen-bond acceptors (Lipinski definition) is 5. The number of hydrogen-bond donors (Lipinski definition) is 2. The van der Waals surface area contributed by atoms with Gasteiger partial charge in [-0.15, -0.1) is 0 Å². The molecule has 0 aliphatic heterocycles. The number of methoxy groups -OCH3 is 1. The Hall–Kier alpha value is -2.01. The topological polar surface area (TPSA) is 73.1 Å². The summed E-state index contributed by atoms with van der Waals surface area (Å²) < 4.78 is 5.29. The van der Waals surface area contributed by atoms with Crippen molar-refractivity contribution < 1.29 is 4.74 Å². The maximum absolute atomic E-state index is 5.75. The van der Waals surface area contributed by atoms with Gasteiger partial charge in [0.05, 0.1) is 19.0 Å². The van der Waals surface area contributed by atoms with Crippen molar-refractivity contribution in [1.82, 2.24) is 9.97 Å². The van der Waals surface area contributed by atoms with Crippen LogP contribution in [0.2, 0.25) is 5.28 Å². The van der Waals surface area contributed by atoms with Crippen molar-refractivity contribution in [3.63, 3.8) is 0 Å². The van der Waals surface area contributed by atoms with Crippen LogP contribution in [0.4, 0.5) is 11.5 Å². The molecule has 0 spiro atoms. The highest BCUT2D eigenvalue weighted by molar-refractivity contribution is 6.28. The monoisotopic (exact) mass is 278 g/mol. The highest BCUT2D eigenvalue weighted by Gasteiger charge is 2.04. The normalized spacial score (nSPS) is 10.2. The van der Waals surface area contributed by atoms with E-state index in [-0.39, 0.29) is 5.28 Å². The smallest absolute Gasteiger partial charge is 0.224 e. The molecule has 3 N–H and O–H groups in total. The van der Waals surface area contributed by atoms with Crippen molar-refractivity contribution in [2.75, 3.05) is 24.7 Å². The molecular weight excluding hydrogens is 264 g/mol. The van der Waals surface area contributed by atoms with Crippen LogP contribution in [0.15, 0.2) is 30.5 Å². The first-order valence-electron chi connectivity index (χ1n) is 5.84. The van der Waals surface area contributed by atoms with Crippen LogP contribution in [0, 0.1) is 0 Å². The number of para-hydroxylation sites is 1. The molecule has 0 aliphatic carbocycles. The Labute approximate surface area is 116 Å². The van der Waals surface area contributed by atoms with E-state index in [4.69, 9.17) is 22.1 Å². The van der Waals surface area contributed by atoms with Gasteiger partial charge in [0.1, 0.15) is 5.75 Å². The Balaban J connectivity index is 1.98. The fourth-order valence-corrected chi connectivity index (χ4v) is 1.87. The molecule has 0 saturated carbocycles. The van der Waals surface area contributed by atoms with E-state index in [1.54, 1.807) is 7.11 Å². The van der Waals surface area contributed by atoms with Crippen LogP contribution in [0.1, 0.15) is 5.56 Å². The van der Waals surface area contributed by atoms with E-state index < -0.39 is 0 Å². The zero-order chi connectivity index (χ0) is 13.7. The molecule has 0 unspecified atom stereocenters. The van der Waals surface area contributed by atoms with Gasteiger partial charge in [0.15, 0.2) is 5.82 Å². The third kappa shape index (κ3) is 3.48. The minimum Gasteiger partial charge on any atom is -0.496 e. The Morgan fingerprint density at radius 2 is 2.16 bits per heavy atom. The van der Waals surface area contributed by atoms with Crippen LogP contribution < -0.4 is 15.8 Å². The second-order valence-electron chi connectivity index (χ2n) is 3.93. The molecule has 1 heterocycles. The molecule has 0 fully saturated rings. The Morgan fingerprint density at radius 3 is 2.95 bits per heavy atom. The number of nitrogens with one attached hydrogen (secondary N) is 1. The molecule has 0 radical (unpaired) electrons. The minimum absolute atomic E-state index is 0.175. The molecule has 100 valence electrons. The fourth-order valence-electron chi connectivity index (χ4n) is 1.74. The van der Waals surface area contributed by atoms with E-state index in [9.17, 15) is 0 Å². The van der Waals surface area contributed by atoms with Gasteiger partial charge in [-0.05, 0) is 29.7 Å². The van der Waals surface area contributed by atoms with Crippen molar-refractivity contribution in [2.24, 2.45) is 0 Å². The van der Waals surface area contributed by atoms with Gasteiger partial charge in [0.2, 0.25) is 5.28 Å². The van der Waals surface area contributed by atoms with Crippen molar-refractivity contribution in [2.45, 2.75) is 6.42 Å². The lowest BCUT2D eigenvalue weighted by molar-refractivity contribution is 0.410. The van der Waals surface area contributed by atoms with Crippen molar-refractivity contribution in [3.05, 3.63) is 41.3 Å². The molecule has 19 heavy (non-hydrogen) atoms. The number of nitrogens with two attached hydrogens (primary N) is 1.